The van der Waals surface area contributed by atoms with Crippen molar-refractivity contribution >= 4 is 13.3 Å². The van der Waals surface area contributed by atoms with E-state index in [9.17, 15) is 39.8 Å². The van der Waals surface area contributed by atoms with Crippen molar-refractivity contribution in [3.8, 4) is 0 Å². The van der Waals surface area contributed by atoms with Gasteiger partial charge in [0.2, 0.25) is 13.3 Å². The monoisotopic (exact) mass is 441 g/mol. The van der Waals surface area contributed by atoms with E-state index in [-0.39, 0.29) is 11.7 Å². The summed E-state index contributed by atoms with van der Waals surface area (Å²) >= 11 is 0. The van der Waals surface area contributed by atoms with Gasteiger partial charge in [-0.15, -0.1) is 0 Å². The second-order valence-electron chi connectivity index (χ2n) is 7.14. The van der Waals surface area contributed by atoms with E-state index in [2.05, 4.69) is 5.32 Å². The van der Waals surface area contributed by atoms with Gasteiger partial charge in [-0.2, -0.15) is 0 Å². The molecule has 29 heavy (non-hydrogen) atoms. The van der Waals surface area contributed by atoms with Crippen LogP contribution in [0.1, 0.15) is 13.3 Å². The molecule has 0 radical (unpaired) electrons. The van der Waals surface area contributed by atoms with E-state index < -0.39 is 81.6 Å². The van der Waals surface area contributed by atoms with Crippen molar-refractivity contribution in [3.63, 3.8) is 0 Å². The van der Waals surface area contributed by atoms with Gasteiger partial charge >= 0.3 is 0 Å². The first-order chi connectivity index (χ1) is 13.5. The molecule has 0 spiro atoms. The highest BCUT2D eigenvalue weighted by atomic mass is 31.2. The normalized spacial score (nSPS) is 40.1. The van der Waals surface area contributed by atoms with E-state index >= 15 is 0 Å². The third-order valence-electron chi connectivity index (χ3n) is 4.93. The Morgan fingerprint density at radius 1 is 1.28 bits per heavy atom. The molecule has 1 saturated heterocycles. The van der Waals surface area contributed by atoms with Crippen LogP contribution in [-0.2, 0) is 18.8 Å². The smallest absolute Gasteiger partial charge is 0.227 e. The SMILES string of the molecule is CC(=O)N[C@@H]1[C@@H](O)C=C(P(=O)(O)CCO[C@H]2[C@@H](O)[C@@H](CO)OC(O)[C@@H]2O)C[C@@H]1O. The first kappa shape index (κ1) is 24.4. The Bertz CT molecular complexity index is 659. The molecule has 168 valence electrons. The summed E-state index contributed by atoms with van der Waals surface area (Å²) in [5, 5.41) is 61.1. The molecule has 2 unspecified atom stereocenters. The molecule has 1 amide bonds. The summed E-state index contributed by atoms with van der Waals surface area (Å²) in [4.78, 5) is 21.4. The molecule has 1 heterocycles. The van der Waals surface area contributed by atoms with Crippen molar-refractivity contribution in [1.29, 1.82) is 0 Å². The molecular formula is C16H28NO11P. The summed E-state index contributed by atoms with van der Waals surface area (Å²) in [6.45, 7) is 0.169. The number of rotatable bonds is 7. The lowest BCUT2D eigenvalue weighted by Gasteiger charge is -2.40. The highest BCUT2D eigenvalue weighted by Gasteiger charge is 2.45. The predicted octanol–water partition coefficient (Wildman–Crippen LogP) is -3.41. The van der Waals surface area contributed by atoms with Crippen LogP contribution in [-0.4, -0.2) is 110 Å². The van der Waals surface area contributed by atoms with Gasteiger partial charge in [-0.25, -0.2) is 0 Å². The lowest BCUT2D eigenvalue weighted by molar-refractivity contribution is -0.293. The number of hydrogen-bond donors (Lipinski definition) is 8. The van der Waals surface area contributed by atoms with Crippen LogP contribution >= 0.6 is 7.37 Å². The van der Waals surface area contributed by atoms with Crippen LogP contribution in [0.3, 0.4) is 0 Å². The van der Waals surface area contributed by atoms with Crippen molar-refractivity contribution in [2.75, 3.05) is 19.4 Å². The minimum absolute atomic E-state index is 0.0935. The highest BCUT2D eigenvalue weighted by molar-refractivity contribution is 7.62. The molecule has 0 aromatic carbocycles. The number of carbonyl (C=O) groups is 1. The molecule has 1 aliphatic carbocycles. The maximum Gasteiger partial charge on any atom is 0.227 e. The molecule has 2 rings (SSSR count). The summed E-state index contributed by atoms with van der Waals surface area (Å²) in [6.07, 6.45) is -9.62. The first-order valence-electron chi connectivity index (χ1n) is 9.06. The second kappa shape index (κ2) is 9.92. The Hall–Kier alpha value is -0.920. The molecule has 1 aliphatic heterocycles. The van der Waals surface area contributed by atoms with Crippen molar-refractivity contribution in [3.05, 3.63) is 11.4 Å². The largest absolute Gasteiger partial charge is 0.394 e. The number of nitrogens with one attached hydrogen (secondary N) is 1. The highest BCUT2D eigenvalue weighted by Crippen LogP contribution is 2.53. The number of aliphatic hydroxyl groups excluding tert-OH is 6. The fraction of sp³-hybridized carbons (Fsp3) is 0.812. The van der Waals surface area contributed by atoms with E-state index in [1.165, 1.54) is 6.92 Å². The quantitative estimate of drug-likeness (QED) is 0.183. The average molecular weight is 441 g/mol. The average Bonchev–Trinajstić information content (AvgIpc) is 2.63. The molecule has 0 aromatic rings. The second-order valence-corrected chi connectivity index (χ2v) is 9.56. The van der Waals surface area contributed by atoms with E-state index in [1.807, 2.05) is 0 Å². The molecule has 0 bridgehead atoms. The number of aliphatic hydroxyl groups is 6. The molecular weight excluding hydrogens is 413 g/mol. The Balaban J connectivity index is 1.99. The molecule has 2 aliphatic rings. The van der Waals surface area contributed by atoms with E-state index in [0.29, 0.717) is 0 Å². The summed E-state index contributed by atoms with van der Waals surface area (Å²) in [5.74, 6) is -0.470. The van der Waals surface area contributed by atoms with Gasteiger partial charge in [-0.3, -0.25) is 9.36 Å². The van der Waals surface area contributed by atoms with Gasteiger partial charge in [0.25, 0.3) is 0 Å². The van der Waals surface area contributed by atoms with E-state index in [4.69, 9.17) is 14.6 Å². The Kier molecular flexibility index (Phi) is 8.33. The first-order valence-corrected chi connectivity index (χ1v) is 10.9. The third kappa shape index (κ3) is 5.82. The zero-order chi connectivity index (χ0) is 21.9. The van der Waals surface area contributed by atoms with Crippen LogP contribution in [0.15, 0.2) is 11.4 Å². The number of ether oxygens (including phenoxy) is 2. The number of hydrogen-bond acceptors (Lipinski definition) is 10. The van der Waals surface area contributed by atoms with Gasteiger partial charge < -0.3 is 50.3 Å². The van der Waals surface area contributed by atoms with Gasteiger partial charge in [0.05, 0.1) is 37.6 Å². The third-order valence-corrected chi connectivity index (χ3v) is 6.95. The molecule has 12 nitrogen and oxygen atoms in total. The summed E-state index contributed by atoms with van der Waals surface area (Å²) in [7, 11) is -4.05. The topological polar surface area (TPSA) is 206 Å². The van der Waals surface area contributed by atoms with E-state index in [1.54, 1.807) is 0 Å². The fourth-order valence-corrected chi connectivity index (χ4v) is 4.83. The Labute approximate surface area is 166 Å². The fourth-order valence-electron chi connectivity index (χ4n) is 3.33. The Morgan fingerprint density at radius 2 is 1.93 bits per heavy atom. The minimum atomic E-state index is -4.05. The predicted molar refractivity (Wildman–Crippen MR) is 96.7 cm³/mol. The van der Waals surface area contributed by atoms with Gasteiger partial charge in [0.15, 0.2) is 6.29 Å². The zero-order valence-electron chi connectivity index (χ0n) is 15.7. The molecule has 0 aromatic heterocycles. The number of carbonyl (C=O) groups excluding carboxylic acids is 1. The molecule has 13 heteroatoms. The number of amides is 1. The summed E-state index contributed by atoms with van der Waals surface area (Å²) in [5.41, 5.74) is 0. The maximum absolute atomic E-state index is 12.6. The molecule has 0 saturated carbocycles. The molecule has 8 N–H and O–H groups in total. The van der Waals surface area contributed by atoms with Gasteiger partial charge in [-0.1, -0.05) is 0 Å². The van der Waals surface area contributed by atoms with Crippen LogP contribution in [0.5, 0.6) is 0 Å². The summed E-state index contributed by atoms with van der Waals surface area (Å²) < 4.78 is 22.7. The van der Waals surface area contributed by atoms with Gasteiger partial charge in [0.1, 0.15) is 24.4 Å². The zero-order valence-corrected chi connectivity index (χ0v) is 16.6. The molecule has 1 fully saturated rings. The lowest BCUT2D eigenvalue weighted by atomic mass is 9.95. The summed E-state index contributed by atoms with van der Waals surface area (Å²) in [6, 6.07) is -1.00. The van der Waals surface area contributed by atoms with Crippen molar-refractivity contribution in [2.24, 2.45) is 0 Å². The maximum atomic E-state index is 12.6. The van der Waals surface area contributed by atoms with Crippen molar-refractivity contribution in [2.45, 2.75) is 62.3 Å². The standard InChI is InChI=1S/C16H28NO11P/c1-7(19)17-12-9(20)4-8(5-10(12)21)29(25,26)3-2-27-15-13(22)11(6-18)28-16(24)14(15)23/h4,9-16,18,20-24H,2-3,5-6H2,1H3,(H,17,19)(H,25,26)/t9-,10-,11+,12+,13-,14+,15-,16?/m0/s1. The van der Waals surface area contributed by atoms with E-state index in [0.717, 1.165) is 6.08 Å². The van der Waals surface area contributed by atoms with Crippen LogP contribution in [0, 0.1) is 0 Å². The van der Waals surface area contributed by atoms with Crippen LogP contribution in [0.2, 0.25) is 0 Å². The minimum Gasteiger partial charge on any atom is -0.394 e. The van der Waals surface area contributed by atoms with Gasteiger partial charge in [-0.05, 0) is 6.08 Å². The van der Waals surface area contributed by atoms with Crippen LogP contribution in [0.25, 0.3) is 0 Å². The van der Waals surface area contributed by atoms with Crippen LogP contribution < -0.4 is 5.32 Å². The van der Waals surface area contributed by atoms with Crippen LogP contribution in [0.4, 0.5) is 0 Å². The lowest BCUT2D eigenvalue weighted by Crippen LogP contribution is -2.59. The van der Waals surface area contributed by atoms with Gasteiger partial charge in [0, 0.05) is 18.7 Å². The Morgan fingerprint density at radius 3 is 2.48 bits per heavy atom. The molecule has 9 atom stereocenters. The van der Waals surface area contributed by atoms with Crippen molar-refractivity contribution in [1.82, 2.24) is 5.32 Å². The van der Waals surface area contributed by atoms with Crippen molar-refractivity contribution < 1.29 is 54.4 Å².